The number of hydrogen-bond acceptors (Lipinski definition) is 14. The van der Waals surface area contributed by atoms with E-state index in [1.165, 1.54) is 12.1 Å². The van der Waals surface area contributed by atoms with Crippen molar-refractivity contribution in [3.05, 3.63) is 76.2 Å². The van der Waals surface area contributed by atoms with E-state index in [1.54, 1.807) is 30.9 Å². The molecule has 2 aromatic carbocycles. The summed E-state index contributed by atoms with van der Waals surface area (Å²) in [5.41, 5.74) is 16.8. The Morgan fingerprint density at radius 1 is 1.00 bits per heavy atom. The number of benzene rings is 2. The van der Waals surface area contributed by atoms with E-state index in [-0.39, 0.29) is 35.8 Å². The number of ether oxygens (including phenoxy) is 7. The van der Waals surface area contributed by atoms with Gasteiger partial charge in [-0.15, -0.1) is 0 Å². The van der Waals surface area contributed by atoms with E-state index >= 15 is 0 Å². The number of amides is 1. The van der Waals surface area contributed by atoms with Gasteiger partial charge in [-0.1, -0.05) is 53.1 Å². The molecule has 278 valence electrons. The minimum atomic E-state index is -4.05. The molecule has 51 heavy (non-hydrogen) atoms. The van der Waals surface area contributed by atoms with Crippen LogP contribution in [0.2, 0.25) is 0 Å². The number of fused-ring (bicyclic) bond motifs is 4. The van der Waals surface area contributed by atoms with Gasteiger partial charge in [0.25, 0.3) is 10.1 Å². The molecule has 5 saturated heterocycles. The van der Waals surface area contributed by atoms with Gasteiger partial charge in [0.2, 0.25) is 0 Å². The second kappa shape index (κ2) is 14.6. The monoisotopic (exact) mass is 733 g/mol. The second-order valence-electron chi connectivity index (χ2n) is 13.8. The van der Waals surface area contributed by atoms with Crippen LogP contribution in [0, 0.1) is 6.92 Å². The Morgan fingerprint density at radius 2 is 1.63 bits per heavy atom. The predicted molar refractivity (Wildman–Crippen MR) is 176 cm³/mol. The molecule has 5 fully saturated rings. The van der Waals surface area contributed by atoms with E-state index in [0.29, 0.717) is 6.54 Å². The molecule has 5 aliphatic heterocycles. The first kappa shape index (κ1) is 37.4. The summed E-state index contributed by atoms with van der Waals surface area (Å²) in [4.78, 5) is 16.9. The molecule has 0 bridgehead atoms. The highest BCUT2D eigenvalue weighted by Gasteiger charge is 2.62. The van der Waals surface area contributed by atoms with E-state index in [4.69, 9.17) is 48.6 Å². The van der Waals surface area contributed by atoms with E-state index in [0.717, 1.165) is 11.1 Å². The van der Waals surface area contributed by atoms with Crippen LogP contribution < -0.4 is 5.73 Å². The summed E-state index contributed by atoms with van der Waals surface area (Å²) in [5.74, 6) is -1.65. The summed E-state index contributed by atoms with van der Waals surface area (Å²) < 4.78 is 69.2. The van der Waals surface area contributed by atoms with E-state index < -0.39 is 71.3 Å². The number of rotatable bonds is 8. The lowest BCUT2D eigenvalue weighted by Gasteiger charge is -2.27. The van der Waals surface area contributed by atoms with Crippen molar-refractivity contribution in [1.82, 2.24) is 4.90 Å². The summed E-state index contributed by atoms with van der Waals surface area (Å²) in [7, 11) is -4.05. The fourth-order valence-electron chi connectivity index (χ4n) is 6.73. The molecule has 2 unspecified atom stereocenters. The van der Waals surface area contributed by atoms with Crippen molar-refractivity contribution >= 4 is 16.2 Å². The molecule has 18 heteroatoms. The minimum Gasteiger partial charge on any atom is -0.445 e. The molecule has 3 N–H and O–H groups in total. The topological polar surface area (TPSA) is 223 Å². The van der Waals surface area contributed by atoms with Gasteiger partial charge < -0.3 is 44.0 Å². The highest BCUT2D eigenvalue weighted by molar-refractivity contribution is 7.86. The molecule has 0 aromatic heterocycles. The summed E-state index contributed by atoms with van der Waals surface area (Å²) in [6.45, 7) is 8.90. The highest BCUT2D eigenvalue weighted by Crippen LogP contribution is 2.43. The molecule has 17 nitrogen and oxygen atoms in total. The maximum absolute atomic E-state index is 12.6. The maximum atomic E-state index is 12.6. The van der Waals surface area contributed by atoms with Gasteiger partial charge >= 0.3 is 6.09 Å². The standard InChI is InChI=1S/C17H22N2O5.C16H21N3O7S/c1-17(2)23-14-12-13(22-15(14)24-17)11(18)8-19(12)16(20)21-9-10-6-4-3-5-7-10;1-9-4-6-10(7-5-9)27(21,22)23-8-11(20)13-12(18-19-17)14-15(24-13)26-16(2,3)25-14/h3-7,11-15H,8-9,18H2,1-2H3;4-7,11-15,20H,8H2,1-3H3/t11-,12+,13-,14-,15-;11?,12-,13?,14+,15+/m10/s1. The number of likely N-dealkylation sites (tertiary alicyclic amines) is 1. The Bertz CT molecular complexity index is 1710. The fraction of sp³-hybridized carbons (Fsp3) is 0.606. The number of carbonyl (C=O) groups is 1. The molecular weight excluding hydrogens is 690 g/mol. The van der Waals surface area contributed by atoms with E-state index in [1.807, 2.05) is 51.1 Å². The molecule has 5 aliphatic rings. The third kappa shape index (κ3) is 8.16. The van der Waals surface area contributed by atoms with Crippen LogP contribution in [-0.2, 0) is 54.1 Å². The van der Waals surface area contributed by atoms with Gasteiger partial charge in [0, 0.05) is 11.5 Å². The fourth-order valence-corrected chi connectivity index (χ4v) is 7.65. The molecular formula is C33H43N5O12S. The van der Waals surface area contributed by atoms with Gasteiger partial charge in [-0.05, 0) is 57.8 Å². The number of nitrogens with zero attached hydrogens (tertiary/aromatic N) is 4. The molecule has 0 radical (unpaired) electrons. The normalized spacial score (nSPS) is 33.3. The smallest absolute Gasteiger partial charge is 0.410 e. The Balaban J connectivity index is 0.000000177. The zero-order valence-electron chi connectivity index (χ0n) is 28.8. The number of nitrogens with two attached hydrogens (primary N) is 1. The maximum Gasteiger partial charge on any atom is 0.410 e. The van der Waals surface area contributed by atoms with Gasteiger partial charge in [-0.3, -0.25) is 9.08 Å². The number of aryl methyl sites for hydroxylation is 1. The first-order chi connectivity index (χ1) is 24.1. The van der Waals surface area contributed by atoms with Crippen LogP contribution in [0.1, 0.15) is 38.8 Å². The van der Waals surface area contributed by atoms with Crippen molar-refractivity contribution < 1.29 is 55.7 Å². The summed E-state index contributed by atoms with van der Waals surface area (Å²) in [5, 5.41) is 14.0. The van der Waals surface area contributed by atoms with E-state index in [2.05, 4.69) is 10.0 Å². The van der Waals surface area contributed by atoms with Gasteiger partial charge in [0.05, 0.1) is 29.6 Å². The summed E-state index contributed by atoms with van der Waals surface area (Å²) in [6.07, 6.45) is -5.47. The summed E-state index contributed by atoms with van der Waals surface area (Å²) in [6, 6.07) is 14.2. The number of carbonyl (C=O) groups excluding carboxylic acids is 1. The Hall–Kier alpha value is -3.39. The molecule has 2 aromatic rings. The Kier molecular flexibility index (Phi) is 10.7. The molecule has 0 saturated carbocycles. The summed E-state index contributed by atoms with van der Waals surface area (Å²) >= 11 is 0. The van der Waals surface area contributed by atoms with Crippen LogP contribution in [0.5, 0.6) is 0 Å². The molecule has 7 rings (SSSR count). The van der Waals surface area contributed by atoms with Crippen LogP contribution in [0.15, 0.2) is 64.6 Å². The van der Waals surface area contributed by atoms with Gasteiger partial charge in [0.1, 0.15) is 37.1 Å². The molecule has 1 amide bonds. The first-order valence-electron chi connectivity index (χ1n) is 16.5. The largest absolute Gasteiger partial charge is 0.445 e. The zero-order chi connectivity index (χ0) is 36.7. The zero-order valence-corrected chi connectivity index (χ0v) is 29.6. The molecule has 5 heterocycles. The molecule has 10 atom stereocenters. The molecule has 0 spiro atoms. The van der Waals surface area contributed by atoms with Gasteiger partial charge in [0.15, 0.2) is 24.2 Å². The van der Waals surface area contributed by atoms with Crippen molar-refractivity contribution in [3.63, 3.8) is 0 Å². The van der Waals surface area contributed by atoms with Crippen molar-refractivity contribution in [3.8, 4) is 0 Å². The van der Waals surface area contributed by atoms with Crippen LogP contribution >= 0.6 is 0 Å². The van der Waals surface area contributed by atoms with E-state index in [9.17, 15) is 18.3 Å². The second-order valence-corrected chi connectivity index (χ2v) is 15.4. The SMILES string of the molecule is CC1(C)O[C@H]2O[C@H]3[C@@H]([C@H]2O1)N(C(=O)OCc1ccccc1)C[C@H]3N.Cc1ccc(S(=O)(=O)OCC(O)C2O[C@@H]3OC(C)(C)O[C@@H]3[C@H]2N=[N+]=[N-])cc1. The van der Waals surface area contributed by atoms with Crippen LogP contribution in [0.3, 0.4) is 0 Å². The minimum absolute atomic E-state index is 0.0236. The van der Waals surface area contributed by atoms with Gasteiger partial charge in [-0.25, -0.2) is 4.79 Å². The quantitative estimate of drug-likeness (QED) is 0.173. The number of azide groups is 1. The third-order valence-electron chi connectivity index (χ3n) is 9.00. The average molecular weight is 734 g/mol. The van der Waals surface area contributed by atoms with Crippen molar-refractivity contribution in [2.75, 3.05) is 13.2 Å². The Labute approximate surface area is 295 Å². The van der Waals surface area contributed by atoms with Crippen molar-refractivity contribution in [1.29, 1.82) is 0 Å². The number of hydrogen-bond donors (Lipinski definition) is 2. The lowest BCUT2D eigenvalue weighted by Crippen LogP contribution is -2.46. The van der Waals surface area contributed by atoms with Crippen LogP contribution in [0.4, 0.5) is 4.79 Å². The first-order valence-corrected chi connectivity index (χ1v) is 17.9. The average Bonchev–Trinajstić information content (AvgIpc) is 3.83. The number of aliphatic hydroxyl groups is 1. The van der Waals surface area contributed by atoms with Crippen LogP contribution in [-0.4, -0.2) is 110 Å². The third-order valence-corrected chi connectivity index (χ3v) is 10.3. The predicted octanol–water partition coefficient (Wildman–Crippen LogP) is 2.83. The number of aliphatic hydroxyl groups excluding tert-OH is 1. The highest BCUT2D eigenvalue weighted by atomic mass is 32.2. The molecule has 0 aliphatic carbocycles. The van der Waals surface area contributed by atoms with Crippen molar-refractivity contribution in [2.24, 2.45) is 10.8 Å². The van der Waals surface area contributed by atoms with Crippen molar-refractivity contribution in [2.45, 2.75) is 119 Å². The lowest BCUT2D eigenvalue weighted by atomic mass is 10.0. The van der Waals surface area contributed by atoms with Crippen LogP contribution in [0.25, 0.3) is 10.4 Å². The lowest BCUT2D eigenvalue weighted by molar-refractivity contribution is -0.216. The van der Waals surface area contributed by atoms with Gasteiger partial charge in [-0.2, -0.15) is 8.42 Å². The Morgan fingerprint density at radius 3 is 2.27 bits per heavy atom.